The lowest BCUT2D eigenvalue weighted by molar-refractivity contribution is -0.149. The van der Waals surface area contributed by atoms with Crippen molar-refractivity contribution in [1.29, 1.82) is 0 Å². The van der Waals surface area contributed by atoms with Gasteiger partial charge in [-0.1, -0.05) is 57.2 Å². The second-order valence-electron chi connectivity index (χ2n) is 8.63. The average Bonchev–Trinajstić information content (AvgIpc) is 2.72. The van der Waals surface area contributed by atoms with Crippen LogP contribution in [0.2, 0.25) is 0 Å². The number of esters is 1. The Morgan fingerprint density at radius 2 is 1.71 bits per heavy atom. The van der Waals surface area contributed by atoms with Crippen molar-refractivity contribution >= 4 is 29.5 Å². The number of hydrogen-bond acceptors (Lipinski definition) is 4. The molecule has 0 radical (unpaired) electrons. The highest BCUT2D eigenvalue weighted by molar-refractivity contribution is 5.93. The number of benzene rings is 2. The van der Waals surface area contributed by atoms with E-state index in [0.717, 1.165) is 16.7 Å². The van der Waals surface area contributed by atoms with E-state index in [2.05, 4.69) is 26.1 Å². The Labute approximate surface area is 182 Å². The molecule has 0 spiro atoms. The molecule has 1 aliphatic rings. The van der Waals surface area contributed by atoms with E-state index in [1.807, 2.05) is 54.6 Å². The fourth-order valence-corrected chi connectivity index (χ4v) is 3.53. The maximum absolute atomic E-state index is 12.4. The molecule has 1 N–H and O–H groups in total. The molecule has 0 saturated carbocycles. The molecule has 31 heavy (non-hydrogen) atoms. The Kier molecular flexibility index (Phi) is 6.59. The maximum Gasteiger partial charge on any atom is 0.308 e. The summed E-state index contributed by atoms with van der Waals surface area (Å²) in [4.78, 5) is 38.2. The van der Waals surface area contributed by atoms with Crippen molar-refractivity contribution in [3.8, 4) is 0 Å². The molecule has 3 rings (SSSR count). The second kappa shape index (κ2) is 9.16. The van der Waals surface area contributed by atoms with Crippen LogP contribution in [0.15, 0.2) is 54.7 Å². The van der Waals surface area contributed by atoms with Crippen molar-refractivity contribution in [2.75, 3.05) is 11.9 Å². The molecule has 2 aromatic rings. The summed E-state index contributed by atoms with van der Waals surface area (Å²) in [6.07, 6.45) is 3.49. The molecule has 1 atom stereocenters. The smallest absolute Gasteiger partial charge is 0.308 e. The van der Waals surface area contributed by atoms with Gasteiger partial charge >= 0.3 is 5.97 Å². The van der Waals surface area contributed by atoms with Crippen molar-refractivity contribution in [3.05, 3.63) is 71.4 Å². The van der Waals surface area contributed by atoms with E-state index in [4.69, 9.17) is 4.74 Å². The zero-order valence-corrected chi connectivity index (χ0v) is 18.3. The van der Waals surface area contributed by atoms with E-state index >= 15 is 0 Å². The molecule has 2 aromatic carbocycles. The molecule has 0 aromatic heterocycles. The summed E-state index contributed by atoms with van der Waals surface area (Å²) in [5.41, 5.74) is 3.66. The number of amides is 2. The van der Waals surface area contributed by atoms with Crippen molar-refractivity contribution in [1.82, 2.24) is 4.90 Å². The number of carbonyl (C=O) groups is 3. The van der Waals surface area contributed by atoms with E-state index < -0.39 is 17.9 Å². The highest BCUT2D eigenvalue weighted by Gasteiger charge is 2.29. The molecular formula is C25H28N2O4. The SMILES string of the molecule is CC(=O)N1C=Cc2ccccc2[C@H]1CC(=O)OCC(=O)Nc1ccc(C(C)(C)C)cc1. The Hall–Kier alpha value is -3.41. The summed E-state index contributed by atoms with van der Waals surface area (Å²) in [7, 11) is 0. The molecule has 0 aliphatic carbocycles. The fraction of sp³-hybridized carbons (Fsp3) is 0.320. The average molecular weight is 421 g/mol. The van der Waals surface area contributed by atoms with E-state index in [1.165, 1.54) is 11.8 Å². The Morgan fingerprint density at radius 1 is 1.03 bits per heavy atom. The summed E-state index contributed by atoms with van der Waals surface area (Å²) < 4.78 is 5.19. The lowest BCUT2D eigenvalue weighted by Crippen LogP contribution is -2.33. The number of fused-ring (bicyclic) bond motifs is 1. The minimum Gasteiger partial charge on any atom is -0.455 e. The summed E-state index contributed by atoms with van der Waals surface area (Å²) in [6, 6.07) is 14.7. The predicted octanol–water partition coefficient (Wildman–Crippen LogP) is 4.43. The number of carbonyl (C=O) groups excluding carboxylic acids is 3. The fourth-order valence-electron chi connectivity index (χ4n) is 3.53. The van der Waals surface area contributed by atoms with Crippen LogP contribution in [0.25, 0.3) is 6.08 Å². The van der Waals surface area contributed by atoms with Crippen LogP contribution >= 0.6 is 0 Å². The molecule has 162 valence electrons. The van der Waals surface area contributed by atoms with Crippen molar-refractivity contribution in [2.24, 2.45) is 0 Å². The van der Waals surface area contributed by atoms with Crippen LogP contribution in [-0.4, -0.2) is 29.3 Å². The number of nitrogens with one attached hydrogen (secondary N) is 1. The third-order valence-electron chi connectivity index (χ3n) is 5.23. The van der Waals surface area contributed by atoms with E-state index in [-0.39, 0.29) is 24.3 Å². The summed E-state index contributed by atoms with van der Waals surface area (Å²) in [5.74, 6) is -1.12. The molecular weight excluding hydrogens is 392 g/mol. The van der Waals surface area contributed by atoms with Crippen LogP contribution in [0.4, 0.5) is 5.69 Å². The Balaban J connectivity index is 1.57. The topological polar surface area (TPSA) is 75.7 Å². The van der Waals surface area contributed by atoms with E-state index in [9.17, 15) is 14.4 Å². The minimum atomic E-state index is -0.542. The van der Waals surface area contributed by atoms with Crippen LogP contribution < -0.4 is 5.32 Å². The van der Waals surface area contributed by atoms with Gasteiger partial charge in [-0.2, -0.15) is 0 Å². The van der Waals surface area contributed by atoms with Crippen molar-refractivity contribution in [2.45, 2.75) is 45.6 Å². The van der Waals surface area contributed by atoms with Crippen LogP contribution in [0.3, 0.4) is 0 Å². The molecule has 6 nitrogen and oxygen atoms in total. The molecule has 1 aliphatic heterocycles. The Morgan fingerprint density at radius 3 is 2.35 bits per heavy atom. The van der Waals surface area contributed by atoms with Gasteiger partial charge in [0, 0.05) is 18.8 Å². The molecule has 0 bridgehead atoms. The number of rotatable bonds is 5. The van der Waals surface area contributed by atoms with Gasteiger partial charge in [0.2, 0.25) is 5.91 Å². The van der Waals surface area contributed by atoms with Crippen LogP contribution in [0.5, 0.6) is 0 Å². The van der Waals surface area contributed by atoms with Gasteiger partial charge in [0.15, 0.2) is 6.61 Å². The maximum atomic E-state index is 12.4. The first-order chi connectivity index (χ1) is 14.6. The summed E-state index contributed by atoms with van der Waals surface area (Å²) in [5, 5.41) is 2.73. The van der Waals surface area contributed by atoms with Crippen molar-refractivity contribution in [3.63, 3.8) is 0 Å². The van der Waals surface area contributed by atoms with Gasteiger partial charge in [0.05, 0.1) is 12.5 Å². The second-order valence-corrected chi connectivity index (χ2v) is 8.63. The molecule has 0 saturated heterocycles. The predicted molar refractivity (Wildman–Crippen MR) is 120 cm³/mol. The third kappa shape index (κ3) is 5.60. The molecule has 2 amide bonds. The summed E-state index contributed by atoms with van der Waals surface area (Å²) >= 11 is 0. The number of hydrogen-bond donors (Lipinski definition) is 1. The van der Waals surface area contributed by atoms with Crippen LogP contribution in [0.1, 0.15) is 56.8 Å². The van der Waals surface area contributed by atoms with Gasteiger partial charge in [-0.3, -0.25) is 14.4 Å². The van der Waals surface area contributed by atoms with E-state index in [0.29, 0.717) is 5.69 Å². The van der Waals surface area contributed by atoms with Gasteiger partial charge in [-0.25, -0.2) is 0 Å². The first-order valence-electron chi connectivity index (χ1n) is 10.3. The third-order valence-corrected chi connectivity index (χ3v) is 5.23. The quantitative estimate of drug-likeness (QED) is 0.726. The first-order valence-corrected chi connectivity index (χ1v) is 10.3. The van der Waals surface area contributed by atoms with Gasteiger partial charge in [-0.05, 0) is 40.3 Å². The zero-order valence-electron chi connectivity index (χ0n) is 18.3. The van der Waals surface area contributed by atoms with Crippen LogP contribution in [0, 0.1) is 0 Å². The molecule has 6 heteroatoms. The zero-order chi connectivity index (χ0) is 22.6. The van der Waals surface area contributed by atoms with Gasteiger partial charge < -0.3 is 15.0 Å². The van der Waals surface area contributed by atoms with Crippen molar-refractivity contribution < 1.29 is 19.1 Å². The van der Waals surface area contributed by atoms with E-state index in [1.54, 1.807) is 6.20 Å². The summed E-state index contributed by atoms with van der Waals surface area (Å²) in [6.45, 7) is 7.43. The van der Waals surface area contributed by atoms with Gasteiger partial charge in [0.25, 0.3) is 5.91 Å². The lowest BCUT2D eigenvalue weighted by Gasteiger charge is -2.32. The largest absolute Gasteiger partial charge is 0.455 e. The number of nitrogens with zero attached hydrogens (tertiary/aromatic N) is 1. The highest BCUT2D eigenvalue weighted by atomic mass is 16.5. The first kappa shape index (κ1) is 22.3. The lowest BCUT2D eigenvalue weighted by atomic mass is 9.87. The highest BCUT2D eigenvalue weighted by Crippen LogP contribution is 2.33. The Bertz CT molecular complexity index is 1000. The van der Waals surface area contributed by atoms with Gasteiger partial charge in [0.1, 0.15) is 0 Å². The molecule has 0 fully saturated rings. The number of anilines is 1. The van der Waals surface area contributed by atoms with Crippen LogP contribution in [-0.2, 0) is 24.5 Å². The molecule has 0 unspecified atom stereocenters. The molecule has 1 heterocycles. The normalized spacial score (nSPS) is 15.2. The number of ether oxygens (including phenoxy) is 1. The standard InChI is InChI=1S/C25H28N2O4/c1-17(28)27-14-13-18-7-5-6-8-21(18)22(27)15-24(30)31-16-23(29)26-20-11-9-19(10-12-20)25(2,3)4/h5-14,22H,15-16H2,1-4H3,(H,26,29)/t22-/m1/s1. The minimum absolute atomic E-state index is 0.0265. The monoisotopic (exact) mass is 420 g/mol. The van der Waals surface area contributed by atoms with Gasteiger partial charge in [-0.15, -0.1) is 0 Å².